The van der Waals surface area contributed by atoms with Crippen LogP contribution in [0.15, 0.2) is 24.5 Å². The van der Waals surface area contributed by atoms with Gasteiger partial charge in [0.05, 0.1) is 24.1 Å². The third-order valence-electron chi connectivity index (χ3n) is 5.70. The highest BCUT2D eigenvalue weighted by molar-refractivity contribution is 8.00. The molecule has 6 nitrogen and oxygen atoms in total. The van der Waals surface area contributed by atoms with Crippen molar-refractivity contribution in [3.63, 3.8) is 0 Å². The quantitative estimate of drug-likeness (QED) is 0.692. The normalized spacial score (nSPS) is 27.8. The Hall–Kier alpha value is -2.00. The average molecular weight is 437 g/mol. The summed E-state index contributed by atoms with van der Waals surface area (Å²) in [7, 11) is -2.03. The van der Waals surface area contributed by atoms with Crippen molar-refractivity contribution in [2.45, 2.75) is 25.8 Å². The van der Waals surface area contributed by atoms with Crippen LogP contribution >= 0.6 is 11.3 Å². The summed E-state index contributed by atoms with van der Waals surface area (Å²) < 4.78 is 25.9. The van der Waals surface area contributed by atoms with E-state index in [2.05, 4.69) is 20.7 Å². The molecule has 0 radical (unpaired) electrons. The van der Waals surface area contributed by atoms with Gasteiger partial charge in [-0.3, -0.25) is 14.0 Å². The van der Waals surface area contributed by atoms with E-state index >= 15 is 0 Å². The van der Waals surface area contributed by atoms with Gasteiger partial charge in [0.1, 0.15) is 5.82 Å². The van der Waals surface area contributed by atoms with Crippen molar-refractivity contribution in [1.82, 2.24) is 14.9 Å². The monoisotopic (exact) mass is 436 g/mol. The minimum atomic E-state index is -2.03. The Labute approximate surface area is 174 Å². The topological polar surface area (TPSA) is 66.4 Å². The molecule has 2 aliphatic heterocycles. The molecule has 0 spiro atoms. The van der Waals surface area contributed by atoms with Gasteiger partial charge in [0.15, 0.2) is 5.13 Å². The van der Waals surface area contributed by atoms with Crippen molar-refractivity contribution in [3.05, 3.63) is 40.2 Å². The van der Waals surface area contributed by atoms with Crippen LogP contribution in [0.4, 0.5) is 10.2 Å². The fourth-order valence-electron chi connectivity index (χ4n) is 4.00. The second-order valence-corrected chi connectivity index (χ2v) is 11.6. The van der Waals surface area contributed by atoms with Gasteiger partial charge in [-0.1, -0.05) is 0 Å². The number of carbonyl (C=O) groups excluding carboxylic acids is 1. The molecule has 4 rings (SSSR count). The summed E-state index contributed by atoms with van der Waals surface area (Å²) in [6, 6.07) is 2.98. The van der Waals surface area contributed by atoms with E-state index in [-0.39, 0.29) is 23.0 Å². The van der Waals surface area contributed by atoms with Gasteiger partial charge in [-0.15, -0.1) is 11.3 Å². The van der Waals surface area contributed by atoms with Gasteiger partial charge in [0, 0.05) is 41.9 Å². The lowest BCUT2D eigenvalue weighted by Crippen LogP contribution is -2.53. The molecular formula is C20H25FN4O2S2. The first-order valence-electron chi connectivity index (χ1n) is 9.74. The summed E-state index contributed by atoms with van der Waals surface area (Å²) in [4.78, 5) is 26.9. The third-order valence-corrected chi connectivity index (χ3v) is 8.64. The minimum absolute atomic E-state index is 0.0772. The number of anilines is 1. The largest absolute Gasteiger partial charge is 0.351 e. The van der Waals surface area contributed by atoms with Crippen molar-refractivity contribution < 1.29 is 13.4 Å². The fourth-order valence-corrected chi connectivity index (χ4v) is 6.46. The van der Waals surface area contributed by atoms with Gasteiger partial charge in [-0.05, 0) is 47.3 Å². The van der Waals surface area contributed by atoms with Gasteiger partial charge in [-0.2, -0.15) is 4.39 Å². The van der Waals surface area contributed by atoms with Crippen molar-refractivity contribution in [1.29, 1.82) is 0 Å². The highest BCUT2D eigenvalue weighted by Gasteiger charge is 2.37. The number of piperazine rings is 1. The molecule has 2 saturated heterocycles. The Balaban J connectivity index is 1.56. The molecule has 9 heteroatoms. The van der Waals surface area contributed by atoms with Gasteiger partial charge in [0.2, 0.25) is 5.91 Å². The molecule has 156 valence electrons. The third kappa shape index (κ3) is 4.45. The van der Waals surface area contributed by atoms with Crippen LogP contribution in [-0.2, 0) is 14.3 Å². The molecular weight excluding hydrogens is 411 g/mol. The van der Waals surface area contributed by atoms with E-state index in [4.69, 9.17) is 0 Å². The Morgan fingerprint density at radius 3 is 2.62 bits per heavy atom. The number of hydrogen-bond acceptors (Lipinski definition) is 6. The molecule has 0 aliphatic carbocycles. The molecule has 29 heavy (non-hydrogen) atoms. The van der Waals surface area contributed by atoms with Crippen molar-refractivity contribution in [2.75, 3.05) is 36.0 Å². The van der Waals surface area contributed by atoms with Crippen LogP contribution in [0.5, 0.6) is 0 Å². The van der Waals surface area contributed by atoms with Crippen LogP contribution in [0.25, 0.3) is 0 Å². The zero-order valence-electron chi connectivity index (χ0n) is 16.4. The van der Waals surface area contributed by atoms with Gasteiger partial charge < -0.3 is 9.80 Å². The van der Waals surface area contributed by atoms with Crippen LogP contribution < -0.4 is 4.90 Å². The standard InChI is InChI=1S/C20H25FN4O2S2/c1-14-11-23-19(12-22-14)24-7-8-25(16(13-24)17-3-4-18(21)28-17)20(26)15-5-9-29(2,27)10-6-15/h3-4,11-12,15-16H,2,5-10,13H2,1H3. The second-order valence-electron chi connectivity index (χ2n) is 7.80. The van der Waals surface area contributed by atoms with Crippen molar-refractivity contribution in [2.24, 2.45) is 5.92 Å². The van der Waals surface area contributed by atoms with Gasteiger partial charge >= 0.3 is 0 Å². The maximum Gasteiger partial charge on any atom is 0.226 e. The average Bonchev–Trinajstić information content (AvgIpc) is 3.14. The Bertz CT molecular complexity index is 976. The zero-order valence-corrected chi connectivity index (χ0v) is 18.1. The molecule has 1 atom stereocenters. The molecule has 2 aliphatic rings. The molecule has 1 unspecified atom stereocenters. The zero-order chi connectivity index (χ0) is 20.6. The highest BCUT2D eigenvalue weighted by Crippen LogP contribution is 2.34. The van der Waals surface area contributed by atoms with Crippen LogP contribution in [0.3, 0.4) is 0 Å². The summed E-state index contributed by atoms with van der Waals surface area (Å²) in [5.74, 6) is 5.50. The molecule has 4 heterocycles. The molecule has 0 saturated carbocycles. The number of aryl methyl sites for hydroxylation is 1. The number of rotatable bonds is 3. The number of carbonyl (C=O) groups is 1. The Morgan fingerprint density at radius 1 is 1.24 bits per heavy atom. The van der Waals surface area contributed by atoms with Gasteiger partial charge in [-0.25, -0.2) is 4.98 Å². The van der Waals surface area contributed by atoms with Crippen LogP contribution in [0, 0.1) is 18.0 Å². The summed E-state index contributed by atoms with van der Waals surface area (Å²) in [5, 5.41) is -0.255. The number of hydrogen-bond donors (Lipinski definition) is 0. The van der Waals surface area contributed by atoms with E-state index < -0.39 is 9.52 Å². The van der Waals surface area contributed by atoms with Gasteiger partial charge in [0.25, 0.3) is 0 Å². The van der Waals surface area contributed by atoms with E-state index in [1.54, 1.807) is 18.5 Å². The lowest BCUT2D eigenvalue weighted by atomic mass is 9.98. The first-order chi connectivity index (χ1) is 13.8. The maximum absolute atomic E-state index is 13.8. The lowest BCUT2D eigenvalue weighted by Gasteiger charge is -2.43. The predicted molar refractivity (Wildman–Crippen MR) is 115 cm³/mol. The highest BCUT2D eigenvalue weighted by atomic mass is 32.2. The fraction of sp³-hybridized carbons (Fsp3) is 0.500. The van der Waals surface area contributed by atoms with Crippen molar-refractivity contribution >= 4 is 38.5 Å². The van der Waals surface area contributed by atoms with E-state index in [0.717, 1.165) is 27.7 Å². The smallest absolute Gasteiger partial charge is 0.226 e. The Kier molecular flexibility index (Phi) is 5.61. The van der Waals surface area contributed by atoms with Crippen LogP contribution in [-0.4, -0.2) is 62.0 Å². The molecule has 0 bridgehead atoms. The van der Waals surface area contributed by atoms with Crippen LogP contribution in [0.1, 0.15) is 29.5 Å². The predicted octanol–water partition coefficient (Wildman–Crippen LogP) is 2.50. The Morgan fingerprint density at radius 2 is 2.00 bits per heavy atom. The number of amides is 1. The molecule has 2 fully saturated rings. The lowest BCUT2D eigenvalue weighted by molar-refractivity contribution is -0.138. The maximum atomic E-state index is 13.8. The minimum Gasteiger partial charge on any atom is -0.351 e. The molecule has 0 aromatic carbocycles. The van der Waals surface area contributed by atoms with Crippen LogP contribution in [0.2, 0.25) is 0 Å². The second kappa shape index (κ2) is 8.02. The molecule has 2 aromatic heterocycles. The summed E-state index contributed by atoms with van der Waals surface area (Å²) in [5.41, 5.74) is 0.846. The number of aromatic nitrogens is 2. The van der Waals surface area contributed by atoms with Crippen molar-refractivity contribution in [3.8, 4) is 0 Å². The number of halogens is 1. The molecule has 0 N–H and O–H groups in total. The number of nitrogens with zero attached hydrogens (tertiary/aromatic N) is 4. The van der Waals surface area contributed by atoms with E-state index in [1.165, 1.54) is 6.07 Å². The van der Waals surface area contributed by atoms with E-state index in [9.17, 15) is 13.4 Å². The first kappa shape index (κ1) is 20.3. The molecule has 2 aromatic rings. The SMILES string of the molecule is C=S1(=O)CCC(C(=O)N2CCN(c3cnc(C)cn3)CC2c2ccc(F)s2)CC1. The molecule has 1 amide bonds. The van der Waals surface area contributed by atoms with E-state index in [1.807, 2.05) is 11.8 Å². The summed E-state index contributed by atoms with van der Waals surface area (Å²) >= 11 is 1.08. The summed E-state index contributed by atoms with van der Waals surface area (Å²) in [6.45, 7) is 3.61. The number of thiophene rings is 1. The first-order valence-corrected chi connectivity index (χ1v) is 12.6. The van der Waals surface area contributed by atoms with E-state index in [0.29, 0.717) is 44.0 Å². The summed E-state index contributed by atoms with van der Waals surface area (Å²) in [6.07, 6.45) is 4.68.